The molecule has 0 bridgehead atoms. The van der Waals surface area contributed by atoms with Crippen molar-refractivity contribution >= 4 is 23.3 Å². The average molecular weight is 281 g/mol. The van der Waals surface area contributed by atoms with E-state index in [9.17, 15) is 4.79 Å². The molecule has 0 aliphatic carbocycles. The second kappa shape index (κ2) is 5.68. The van der Waals surface area contributed by atoms with Gasteiger partial charge >= 0.3 is 0 Å². The molecule has 2 aromatic rings. The fourth-order valence-corrected chi connectivity index (χ4v) is 1.81. The van der Waals surface area contributed by atoms with Crippen LogP contribution in [-0.2, 0) is 6.54 Å². The van der Waals surface area contributed by atoms with Crippen molar-refractivity contribution in [3.63, 3.8) is 0 Å². The molecule has 0 aliphatic heterocycles. The van der Waals surface area contributed by atoms with Gasteiger partial charge in [0, 0.05) is 31.5 Å². The Balaban J connectivity index is 2.12. The van der Waals surface area contributed by atoms with Crippen LogP contribution in [0.1, 0.15) is 15.9 Å². The van der Waals surface area contributed by atoms with Gasteiger partial charge in [-0.25, -0.2) is 10.8 Å². The Bertz CT molecular complexity index is 571. The largest absolute Gasteiger partial charge is 0.337 e. The smallest absolute Gasteiger partial charge is 0.255 e. The Morgan fingerprint density at radius 2 is 2.37 bits per heavy atom. The van der Waals surface area contributed by atoms with Gasteiger partial charge in [0.1, 0.15) is 0 Å². The minimum atomic E-state index is -0.181. The van der Waals surface area contributed by atoms with Crippen LogP contribution in [-0.4, -0.2) is 33.0 Å². The fraction of sp³-hybridized carbons (Fsp3) is 0.182. The van der Waals surface area contributed by atoms with Crippen LogP contribution in [0.2, 0.25) is 5.02 Å². The van der Waals surface area contributed by atoms with Crippen LogP contribution in [0, 0.1) is 0 Å². The maximum Gasteiger partial charge on any atom is 0.255 e. The summed E-state index contributed by atoms with van der Waals surface area (Å²) in [6.07, 6.45) is 4.82. The third-order valence-corrected chi connectivity index (χ3v) is 2.83. The summed E-state index contributed by atoms with van der Waals surface area (Å²) in [5, 5.41) is 6.82. The molecule has 2 heterocycles. The molecule has 0 radical (unpaired) electrons. The standard InChI is InChI=1S/C11H13ClN6O/c1-18(6-7-3-15-16-4-7)11(19)8-2-9(12)10(17-13)14-5-8/h2-5H,6,13H2,1H3,(H,14,17)(H,15,16). The highest BCUT2D eigenvalue weighted by Crippen LogP contribution is 2.19. The van der Waals surface area contributed by atoms with Crippen molar-refractivity contribution in [3.05, 3.63) is 40.8 Å². The molecule has 0 spiro atoms. The topological polar surface area (TPSA) is 99.9 Å². The minimum absolute atomic E-state index is 0.181. The minimum Gasteiger partial charge on any atom is -0.337 e. The molecule has 0 unspecified atom stereocenters. The Morgan fingerprint density at radius 1 is 1.58 bits per heavy atom. The number of nitrogens with zero attached hydrogens (tertiary/aromatic N) is 3. The third kappa shape index (κ3) is 3.01. The van der Waals surface area contributed by atoms with Crippen molar-refractivity contribution in [1.29, 1.82) is 0 Å². The number of pyridine rings is 1. The van der Waals surface area contributed by atoms with E-state index in [0.717, 1.165) is 5.56 Å². The lowest BCUT2D eigenvalue weighted by molar-refractivity contribution is 0.0785. The van der Waals surface area contributed by atoms with E-state index in [0.29, 0.717) is 22.9 Å². The van der Waals surface area contributed by atoms with Gasteiger partial charge in [0.05, 0.1) is 16.8 Å². The van der Waals surface area contributed by atoms with E-state index < -0.39 is 0 Å². The van der Waals surface area contributed by atoms with Gasteiger partial charge in [-0.3, -0.25) is 9.89 Å². The number of halogens is 1. The molecule has 8 heteroatoms. The van der Waals surface area contributed by atoms with Crippen LogP contribution < -0.4 is 11.3 Å². The number of nitrogen functional groups attached to an aromatic ring is 1. The molecule has 0 saturated carbocycles. The Labute approximate surface area is 114 Å². The number of hydrogen-bond donors (Lipinski definition) is 3. The number of aromatic nitrogens is 3. The lowest BCUT2D eigenvalue weighted by Gasteiger charge is -2.16. The Hall–Kier alpha value is -2.12. The van der Waals surface area contributed by atoms with Gasteiger partial charge in [-0.05, 0) is 6.07 Å². The van der Waals surface area contributed by atoms with E-state index in [4.69, 9.17) is 17.4 Å². The van der Waals surface area contributed by atoms with Crippen LogP contribution in [0.4, 0.5) is 5.82 Å². The van der Waals surface area contributed by atoms with Gasteiger partial charge in [-0.15, -0.1) is 0 Å². The number of aromatic amines is 1. The normalized spacial score (nSPS) is 10.3. The van der Waals surface area contributed by atoms with Gasteiger partial charge in [0.25, 0.3) is 5.91 Å². The molecule has 0 atom stereocenters. The van der Waals surface area contributed by atoms with Crippen LogP contribution >= 0.6 is 11.6 Å². The van der Waals surface area contributed by atoms with Crippen molar-refractivity contribution in [1.82, 2.24) is 20.1 Å². The molecular weight excluding hydrogens is 268 g/mol. The molecule has 0 fully saturated rings. The molecule has 1 amide bonds. The first kappa shape index (κ1) is 13.3. The Morgan fingerprint density at radius 3 is 2.95 bits per heavy atom. The summed E-state index contributed by atoms with van der Waals surface area (Å²) in [4.78, 5) is 17.7. The zero-order chi connectivity index (χ0) is 13.8. The van der Waals surface area contributed by atoms with Gasteiger partial charge in [0.15, 0.2) is 5.82 Å². The molecule has 100 valence electrons. The Kier molecular flexibility index (Phi) is 3.98. The zero-order valence-electron chi connectivity index (χ0n) is 10.2. The second-order valence-corrected chi connectivity index (χ2v) is 4.37. The van der Waals surface area contributed by atoms with Gasteiger partial charge in [0.2, 0.25) is 0 Å². The number of hydrazine groups is 1. The maximum absolute atomic E-state index is 12.2. The highest BCUT2D eigenvalue weighted by molar-refractivity contribution is 6.33. The van der Waals surface area contributed by atoms with E-state index in [1.807, 2.05) is 0 Å². The highest BCUT2D eigenvalue weighted by Gasteiger charge is 2.14. The van der Waals surface area contributed by atoms with Crippen LogP contribution in [0.25, 0.3) is 0 Å². The van der Waals surface area contributed by atoms with Crippen LogP contribution in [0.15, 0.2) is 24.7 Å². The van der Waals surface area contributed by atoms with E-state index in [1.54, 1.807) is 24.3 Å². The van der Waals surface area contributed by atoms with E-state index in [1.165, 1.54) is 12.3 Å². The van der Waals surface area contributed by atoms with Gasteiger partial charge < -0.3 is 10.3 Å². The summed E-state index contributed by atoms with van der Waals surface area (Å²) >= 11 is 5.93. The molecule has 2 rings (SSSR count). The molecule has 0 aromatic carbocycles. The quantitative estimate of drug-likeness (QED) is 0.573. The number of amides is 1. The summed E-state index contributed by atoms with van der Waals surface area (Å²) in [5.41, 5.74) is 3.66. The SMILES string of the molecule is CN(Cc1cn[nH]c1)C(=O)c1cnc(NN)c(Cl)c1. The number of rotatable bonds is 4. The number of carbonyl (C=O) groups is 1. The fourth-order valence-electron chi connectivity index (χ4n) is 1.59. The monoisotopic (exact) mass is 280 g/mol. The van der Waals surface area contributed by atoms with Crippen molar-refractivity contribution in [2.45, 2.75) is 6.54 Å². The van der Waals surface area contributed by atoms with Gasteiger partial charge in [-0.1, -0.05) is 11.6 Å². The highest BCUT2D eigenvalue weighted by atomic mass is 35.5. The molecule has 7 nitrogen and oxygen atoms in total. The number of nitrogens with one attached hydrogen (secondary N) is 2. The molecular formula is C11H13ClN6O. The maximum atomic E-state index is 12.2. The lowest BCUT2D eigenvalue weighted by Crippen LogP contribution is -2.26. The first-order valence-electron chi connectivity index (χ1n) is 5.47. The number of nitrogens with two attached hydrogens (primary N) is 1. The summed E-state index contributed by atoms with van der Waals surface area (Å²) in [6, 6.07) is 1.53. The average Bonchev–Trinajstić information content (AvgIpc) is 2.90. The van der Waals surface area contributed by atoms with Gasteiger partial charge in [-0.2, -0.15) is 5.10 Å². The third-order valence-electron chi connectivity index (χ3n) is 2.55. The molecule has 19 heavy (non-hydrogen) atoms. The summed E-state index contributed by atoms with van der Waals surface area (Å²) in [6.45, 7) is 0.448. The molecule has 4 N–H and O–H groups in total. The number of H-pyrrole nitrogens is 1. The van der Waals surface area contributed by atoms with Crippen molar-refractivity contribution < 1.29 is 4.79 Å². The van der Waals surface area contributed by atoms with Crippen molar-refractivity contribution in [2.24, 2.45) is 5.84 Å². The zero-order valence-corrected chi connectivity index (χ0v) is 11.0. The number of carbonyl (C=O) groups excluding carboxylic acids is 1. The number of anilines is 1. The van der Waals surface area contributed by atoms with E-state index in [-0.39, 0.29) is 5.91 Å². The first-order chi connectivity index (χ1) is 9.11. The molecule has 2 aromatic heterocycles. The summed E-state index contributed by atoms with van der Waals surface area (Å²) < 4.78 is 0. The van der Waals surface area contributed by atoms with Crippen molar-refractivity contribution in [2.75, 3.05) is 12.5 Å². The van der Waals surface area contributed by atoms with Crippen LogP contribution in [0.5, 0.6) is 0 Å². The predicted octanol–water partition coefficient (Wildman–Crippen LogP) is 1.02. The van der Waals surface area contributed by atoms with E-state index in [2.05, 4.69) is 20.6 Å². The summed E-state index contributed by atoms with van der Waals surface area (Å²) in [5.74, 6) is 5.37. The van der Waals surface area contributed by atoms with Crippen LogP contribution in [0.3, 0.4) is 0 Å². The molecule has 0 aliphatic rings. The predicted molar refractivity (Wildman–Crippen MR) is 71.4 cm³/mol. The first-order valence-corrected chi connectivity index (χ1v) is 5.85. The molecule has 0 saturated heterocycles. The second-order valence-electron chi connectivity index (χ2n) is 3.97. The lowest BCUT2D eigenvalue weighted by atomic mass is 10.2. The number of hydrogen-bond acceptors (Lipinski definition) is 5. The van der Waals surface area contributed by atoms with E-state index >= 15 is 0 Å². The summed E-state index contributed by atoms with van der Waals surface area (Å²) in [7, 11) is 1.69. The van der Waals surface area contributed by atoms with Crippen molar-refractivity contribution in [3.8, 4) is 0 Å².